The number of aromatic nitrogens is 1. The number of carbonyl (C=O) groups is 2. The van der Waals surface area contributed by atoms with Crippen molar-refractivity contribution in [3.05, 3.63) is 83.4 Å². The molecular formula is C24H21FN4O2. The van der Waals surface area contributed by atoms with Crippen LogP contribution in [0.2, 0.25) is 0 Å². The molecule has 2 aromatic carbocycles. The Morgan fingerprint density at radius 2 is 1.84 bits per heavy atom. The predicted molar refractivity (Wildman–Crippen MR) is 118 cm³/mol. The maximum atomic E-state index is 13.5. The molecule has 0 bridgehead atoms. The number of H-pyrrole nitrogens is 1. The molecule has 0 radical (unpaired) electrons. The zero-order valence-electron chi connectivity index (χ0n) is 16.8. The maximum absolute atomic E-state index is 13.5. The van der Waals surface area contributed by atoms with Crippen LogP contribution in [-0.2, 0) is 4.79 Å². The van der Waals surface area contributed by atoms with Gasteiger partial charge in [0.2, 0.25) is 0 Å². The van der Waals surface area contributed by atoms with Crippen molar-refractivity contribution in [1.82, 2.24) is 9.88 Å². The van der Waals surface area contributed by atoms with Crippen molar-refractivity contribution in [2.75, 3.05) is 36.4 Å². The maximum Gasteiger partial charge on any atom is 0.256 e. The minimum absolute atomic E-state index is 0.0692. The number of amides is 2. The normalized spacial score (nSPS) is 17.1. The minimum atomic E-state index is -0.263. The van der Waals surface area contributed by atoms with Gasteiger partial charge in [-0.2, -0.15) is 0 Å². The van der Waals surface area contributed by atoms with Gasteiger partial charge in [0.25, 0.3) is 11.8 Å². The third kappa shape index (κ3) is 3.70. The van der Waals surface area contributed by atoms with Crippen molar-refractivity contribution in [3.8, 4) is 0 Å². The highest BCUT2D eigenvalue weighted by Gasteiger charge is 2.27. The van der Waals surface area contributed by atoms with E-state index in [1.54, 1.807) is 41.4 Å². The molecule has 1 aromatic heterocycles. The van der Waals surface area contributed by atoms with E-state index in [1.165, 1.54) is 12.1 Å². The van der Waals surface area contributed by atoms with Crippen molar-refractivity contribution in [2.45, 2.75) is 0 Å². The van der Waals surface area contributed by atoms with E-state index in [0.717, 1.165) is 16.9 Å². The second-order valence-electron chi connectivity index (χ2n) is 7.66. The Balaban J connectivity index is 1.33. The highest BCUT2D eigenvalue weighted by Crippen LogP contribution is 2.34. The van der Waals surface area contributed by atoms with E-state index in [4.69, 9.17) is 0 Å². The monoisotopic (exact) mass is 416 g/mol. The van der Waals surface area contributed by atoms with E-state index < -0.39 is 0 Å². The van der Waals surface area contributed by atoms with Gasteiger partial charge >= 0.3 is 0 Å². The molecule has 1 saturated heterocycles. The van der Waals surface area contributed by atoms with Gasteiger partial charge < -0.3 is 20.1 Å². The Hall–Kier alpha value is -3.87. The fourth-order valence-electron chi connectivity index (χ4n) is 4.08. The molecule has 156 valence electrons. The minimum Gasteiger partial charge on any atom is -0.368 e. The topological polar surface area (TPSA) is 68.4 Å². The molecule has 0 spiro atoms. The summed E-state index contributed by atoms with van der Waals surface area (Å²) in [6.45, 7) is 2.37. The Bertz CT molecular complexity index is 1180. The first kappa shape index (κ1) is 19.1. The van der Waals surface area contributed by atoms with Crippen LogP contribution in [0.1, 0.15) is 21.6 Å². The summed E-state index contributed by atoms with van der Waals surface area (Å²) in [6, 6.07) is 15.6. The summed E-state index contributed by atoms with van der Waals surface area (Å²) in [6.07, 6.45) is 3.58. The number of rotatable bonds is 3. The van der Waals surface area contributed by atoms with Crippen LogP contribution < -0.4 is 10.2 Å². The molecule has 0 saturated carbocycles. The number of carbonyl (C=O) groups excluding carboxylic acids is 2. The van der Waals surface area contributed by atoms with Crippen molar-refractivity contribution in [2.24, 2.45) is 0 Å². The van der Waals surface area contributed by atoms with E-state index in [9.17, 15) is 14.0 Å². The fraction of sp³-hybridized carbons (Fsp3) is 0.167. The van der Waals surface area contributed by atoms with Gasteiger partial charge in [-0.15, -0.1) is 0 Å². The fourth-order valence-corrected chi connectivity index (χ4v) is 4.08. The Kier molecular flexibility index (Phi) is 4.78. The average Bonchev–Trinajstić information content (AvgIpc) is 3.41. The van der Waals surface area contributed by atoms with Gasteiger partial charge in [-0.05, 0) is 54.6 Å². The largest absolute Gasteiger partial charge is 0.368 e. The van der Waals surface area contributed by atoms with Crippen molar-refractivity contribution < 1.29 is 14.0 Å². The van der Waals surface area contributed by atoms with E-state index in [2.05, 4.69) is 15.2 Å². The van der Waals surface area contributed by atoms with E-state index in [1.807, 2.05) is 18.2 Å². The Morgan fingerprint density at radius 1 is 1.00 bits per heavy atom. The van der Waals surface area contributed by atoms with E-state index in [-0.39, 0.29) is 17.6 Å². The highest BCUT2D eigenvalue weighted by atomic mass is 19.1. The standard InChI is InChI=1S/C24H21FN4O2/c25-17-3-1-5-19(14-17)28-9-11-29(12-10-28)24(31)16-6-7-22-20(13-16)21(23(30)27-22)15-18-4-2-8-26-18/h1-8,13-15,26H,9-12H2,(H,27,30)/b21-15-. The lowest BCUT2D eigenvalue weighted by Crippen LogP contribution is -2.48. The lowest BCUT2D eigenvalue weighted by molar-refractivity contribution is -0.110. The second-order valence-corrected chi connectivity index (χ2v) is 7.66. The average molecular weight is 416 g/mol. The van der Waals surface area contributed by atoms with E-state index >= 15 is 0 Å². The summed E-state index contributed by atoms with van der Waals surface area (Å²) in [5.74, 6) is -0.515. The molecule has 6 nitrogen and oxygen atoms in total. The summed E-state index contributed by atoms with van der Waals surface area (Å²) < 4.78 is 13.5. The summed E-state index contributed by atoms with van der Waals surface area (Å²) in [5, 5.41) is 2.85. The van der Waals surface area contributed by atoms with Gasteiger partial charge in [0.1, 0.15) is 5.82 Å². The summed E-state index contributed by atoms with van der Waals surface area (Å²) in [5.41, 5.74) is 4.16. The predicted octanol–water partition coefficient (Wildman–Crippen LogP) is 3.61. The number of hydrogen-bond acceptors (Lipinski definition) is 3. The number of fused-ring (bicyclic) bond motifs is 1. The van der Waals surface area contributed by atoms with Crippen LogP contribution in [0, 0.1) is 5.82 Å². The molecule has 5 rings (SSSR count). The number of anilines is 2. The molecule has 2 amide bonds. The van der Waals surface area contributed by atoms with Crippen LogP contribution >= 0.6 is 0 Å². The van der Waals surface area contributed by atoms with Gasteiger partial charge in [0, 0.05) is 60.6 Å². The first-order chi connectivity index (χ1) is 15.1. The first-order valence-electron chi connectivity index (χ1n) is 10.2. The highest BCUT2D eigenvalue weighted by molar-refractivity contribution is 6.35. The smallest absolute Gasteiger partial charge is 0.256 e. The first-order valence-corrected chi connectivity index (χ1v) is 10.2. The molecule has 3 aromatic rings. The lowest BCUT2D eigenvalue weighted by Gasteiger charge is -2.36. The van der Waals surface area contributed by atoms with Gasteiger partial charge in [-0.3, -0.25) is 9.59 Å². The van der Waals surface area contributed by atoms with Crippen LogP contribution in [0.3, 0.4) is 0 Å². The third-order valence-electron chi connectivity index (χ3n) is 5.71. The summed E-state index contributed by atoms with van der Waals surface area (Å²) in [7, 11) is 0. The third-order valence-corrected chi connectivity index (χ3v) is 5.71. The Morgan fingerprint density at radius 3 is 2.58 bits per heavy atom. The van der Waals surface area contributed by atoms with Crippen molar-refractivity contribution >= 4 is 34.8 Å². The number of aromatic amines is 1. The molecule has 1 fully saturated rings. The molecule has 3 heterocycles. The zero-order valence-corrected chi connectivity index (χ0v) is 16.8. The van der Waals surface area contributed by atoms with Gasteiger partial charge in [-0.25, -0.2) is 4.39 Å². The number of hydrogen-bond donors (Lipinski definition) is 2. The zero-order chi connectivity index (χ0) is 21.4. The van der Waals surface area contributed by atoms with Crippen LogP contribution in [0.25, 0.3) is 11.6 Å². The summed E-state index contributed by atoms with van der Waals surface area (Å²) in [4.78, 5) is 32.5. The molecular weight excluding hydrogens is 395 g/mol. The number of nitrogens with zero attached hydrogens (tertiary/aromatic N) is 2. The number of nitrogens with one attached hydrogen (secondary N) is 2. The number of piperazine rings is 1. The lowest BCUT2D eigenvalue weighted by atomic mass is 10.0. The van der Waals surface area contributed by atoms with Gasteiger partial charge in [-0.1, -0.05) is 6.07 Å². The SMILES string of the molecule is O=C1Nc2ccc(C(=O)N3CCN(c4cccc(F)c4)CC3)cc2/C1=C/c1ccc[nH]1. The van der Waals surface area contributed by atoms with Crippen LogP contribution in [0.5, 0.6) is 0 Å². The molecule has 7 heteroatoms. The molecule has 2 aliphatic rings. The quantitative estimate of drug-likeness (QED) is 0.641. The molecule has 2 N–H and O–H groups in total. The van der Waals surface area contributed by atoms with E-state index in [0.29, 0.717) is 43.0 Å². The van der Waals surface area contributed by atoms with Crippen LogP contribution in [0.4, 0.5) is 15.8 Å². The van der Waals surface area contributed by atoms with Gasteiger partial charge in [0.15, 0.2) is 0 Å². The van der Waals surface area contributed by atoms with Crippen molar-refractivity contribution in [3.63, 3.8) is 0 Å². The number of halogens is 1. The molecule has 0 aliphatic carbocycles. The molecule has 31 heavy (non-hydrogen) atoms. The Labute approximate surface area is 179 Å². The number of benzene rings is 2. The molecule has 2 aliphatic heterocycles. The summed E-state index contributed by atoms with van der Waals surface area (Å²) >= 11 is 0. The second kappa shape index (κ2) is 7.75. The molecule has 0 unspecified atom stereocenters. The van der Waals surface area contributed by atoms with Crippen LogP contribution in [-0.4, -0.2) is 47.9 Å². The van der Waals surface area contributed by atoms with Gasteiger partial charge in [0.05, 0.1) is 5.57 Å². The van der Waals surface area contributed by atoms with Crippen molar-refractivity contribution in [1.29, 1.82) is 0 Å². The van der Waals surface area contributed by atoms with Crippen LogP contribution in [0.15, 0.2) is 60.8 Å². The molecule has 0 atom stereocenters.